The second kappa shape index (κ2) is 5.60. The number of primary amides is 1. The van der Waals surface area contributed by atoms with Crippen LogP contribution in [0.15, 0.2) is 18.2 Å². The van der Waals surface area contributed by atoms with Crippen molar-refractivity contribution >= 4 is 11.9 Å². The van der Waals surface area contributed by atoms with Crippen molar-refractivity contribution in [3.8, 4) is 11.5 Å². The van der Waals surface area contributed by atoms with Crippen LogP contribution in [0.2, 0.25) is 0 Å². The fourth-order valence-corrected chi connectivity index (χ4v) is 1.66. The zero-order valence-electron chi connectivity index (χ0n) is 10.5. The van der Waals surface area contributed by atoms with Crippen LogP contribution in [0.4, 0.5) is 0 Å². The van der Waals surface area contributed by atoms with Gasteiger partial charge >= 0.3 is 5.97 Å². The number of benzene rings is 1. The van der Waals surface area contributed by atoms with E-state index in [4.69, 9.17) is 19.9 Å². The number of hydrogen-bond donors (Lipinski definition) is 1. The highest BCUT2D eigenvalue weighted by Gasteiger charge is 2.16. The van der Waals surface area contributed by atoms with Crippen LogP contribution in [-0.4, -0.2) is 24.8 Å². The molecule has 0 fully saturated rings. The van der Waals surface area contributed by atoms with Crippen molar-refractivity contribution in [3.05, 3.63) is 23.8 Å². The van der Waals surface area contributed by atoms with Crippen molar-refractivity contribution in [1.82, 2.24) is 0 Å². The molecule has 1 atom stereocenters. The van der Waals surface area contributed by atoms with Gasteiger partial charge in [0.05, 0.1) is 0 Å². The van der Waals surface area contributed by atoms with Crippen LogP contribution in [0.1, 0.15) is 18.9 Å². The fourth-order valence-electron chi connectivity index (χ4n) is 1.66. The molecule has 1 aromatic carbocycles. The van der Waals surface area contributed by atoms with Crippen LogP contribution >= 0.6 is 0 Å². The molecule has 1 aliphatic rings. The number of carbonyl (C=O) groups is 2. The van der Waals surface area contributed by atoms with Crippen molar-refractivity contribution in [3.63, 3.8) is 0 Å². The van der Waals surface area contributed by atoms with Crippen molar-refractivity contribution in [1.29, 1.82) is 0 Å². The third-order valence-corrected chi connectivity index (χ3v) is 2.76. The van der Waals surface area contributed by atoms with E-state index in [0.717, 1.165) is 5.56 Å². The first-order chi connectivity index (χ1) is 9.06. The standard InChI is InChI=1S/C13H15NO5/c1-8(13(14)16)19-12(15)5-3-9-2-4-10-11(6-9)18-7-17-10/h2,4,6,8H,3,5,7H2,1H3,(H2,14,16). The summed E-state index contributed by atoms with van der Waals surface area (Å²) in [5.41, 5.74) is 5.94. The van der Waals surface area contributed by atoms with Gasteiger partial charge in [0.2, 0.25) is 6.79 Å². The molecule has 2 N–H and O–H groups in total. The molecule has 19 heavy (non-hydrogen) atoms. The molecule has 2 rings (SSSR count). The molecule has 0 radical (unpaired) electrons. The highest BCUT2D eigenvalue weighted by molar-refractivity contribution is 5.81. The molecule has 1 heterocycles. The zero-order chi connectivity index (χ0) is 13.8. The summed E-state index contributed by atoms with van der Waals surface area (Å²) in [6.07, 6.45) is -0.220. The molecule has 102 valence electrons. The van der Waals surface area contributed by atoms with Gasteiger partial charge in [-0.3, -0.25) is 9.59 Å². The summed E-state index contributed by atoms with van der Waals surface area (Å²) in [4.78, 5) is 22.2. The smallest absolute Gasteiger partial charge is 0.306 e. The average Bonchev–Trinajstić information content (AvgIpc) is 2.83. The Morgan fingerprint density at radius 2 is 2.11 bits per heavy atom. The average molecular weight is 265 g/mol. The Bertz CT molecular complexity index is 500. The summed E-state index contributed by atoms with van der Waals surface area (Å²) < 4.78 is 15.3. The minimum Gasteiger partial charge on any atom is -0.454 e. The lowest BCUT2D eigenvalue weighted by Crippen LogP contribution is -2.30. The van der Waals surface area contributed by atoms with E-state index in [9.17, 15) is 9.59 Å². The molecule has 6 nitrogen and oxygen atoms in total. The summed E-state index contributed by atoms with van der Waals surface area (Å²) in [7, 11) is 0. The van der Waals surface area contributed by atoms with Crippen LogP contribution in [0.5, 0.6) is 11.5 Å². The molecule has 0 saturated carbocycles. The number of fused-ring (bicyclic) bond motifs is 1. The highest BCUT2D eigenvalue weighted by atomic mass is 16.7. The number of nitrogens with two attached hydrogens (primary N) is 1. The largest absolute Gasteiger partial charge is 0.454 e. The van der Waals surface area contributed by atoms with Crippen LogP contribution in [0, 0.1) is 0 Å². The molecule has 0 spiro atoms. The Morgan fingerprint density at radius 3 is 2.84 bits per heavy atom. The molecule has 1 unspecified atom stereocenters. The molecule has 0 aliphatic carbocycles. The first-order valence-electron chi connectivity index (χ1n) is 5.93. The molecule has 0 bridgehead atoms. The molecule has 0 saturated heterocycles. The van der Waals surface area contributed by atoms with Crippen molar-refractivity contribution in [2.24, 2.45) is 5.73 Å². The van der Waals surface area contributed by atoms with E-state index >= 15 is 0 Å². The molecule has 1 amide bonds. The number of hydrogen-bond acceptors (Lipinski definition) is 5. The van der Waals surface area contributed by atoms with Crippen LogP contribution in [0.3, 0.4) is 0 Å². The number of amides is 1. The van der Waals surface area contributed by atoms with E-state index in [1.54, 1.807) is 6.07 Å². The number of rotatable bonds is 5. The van der Waals surface area contributed by atoms with Crippen molar-refractivity contribution in [2.45, 2.75) is 25.9 Å². The molecule has 0 aromatic heterocycles. The monoisotopic (exact) mass is 265 g/mol. The normalized spacial score (nSPS) is 13.9. The number of carbonyl (C=O) groups excluding carboxylic acids is 2. The first-order valence-corrected chi connectivity index (χ1v) is 5.93. The fraction of sp³-hybridized carbons (Fsp3) is 0.385. The predicted octanol–water partition coefficient (Wildman–Crippen LogP) is 0.765. The van der Waals surface area contributed by atoms with E-state index in [1.807, 2.05) is 12.1 Å². The topological polar surface area (TPSA) is 87.8 Å². The van der Waals surface area contributed by atoms with E-state index in [0.29, 0.717) is 17.9 Å². The minimum atomic E-state index is -0.899. The molecular formula is C13H15NO5. The maximum absolute atomic E-state index is 11.5. The van der Waals surface area contributed by atoms with Gasteiger partial charge in [-0.2, -0.15) is 0 Å². The summed E-state index contributed by atoms with van der Waals surface area (Å²) >= 11 is 0. The second-order valence-electron chi connectivity index (χ2n) is 4.22. The third kappa shape index (κ3) is 3.37. The zero-order valence-corrected chi connectivity index (χ0v) is 10.5. The third-order valence-electron chi connectivity index (χ3n) is 2.76. The highest BCUT2D eigenvalue weighted by Crippen LogP contribution is 2.32. The van der Waals surface area contributed by atoms with Gasteiger partial charge in [0.15, 0.2) is 17.6 Å². The number of ether oxygens (including phenoxy) is 3. The summed E-state index contributed by atoms with van der Waals surface area (Å²) in [5, 5.41) is 0. The summed E-state index contributed by atoms with van der Waals surface area (Å²) in [6.45, 7) is 1.66. The van der Waals surface area contributed by atoms with E-state index in [2.05, 4.69) is 0 Å². The minimum absolute atomic E-state index is 0.178. The van der Waals surface area contributed by atoms with E-state index in [1.165, 1.54) is 6.92 Å². The SMILES string of the molecule is CC(OC(=O)CCc1ccc2c(c1)OCO2)C(N)=O. The Hall–Kier alpha value is -2.24. The quantitative estimate of drug-likeness (QED) is 0.794. The summed E-state index contributed by atoms with van der Waals surface area (Å²) in [6, 6.07) is 5.49. The van der Waals surface area contributed by atoms with Gasteiger partial charge in [0.25, 0.3) is 5.91 Å². The maximum Gasteiger partial charge on any atom is 0.306 e. The van der Waals surface area contributed by atoms with E-state index in [-0.39, 0.29) is 13.2 Å². The Morgan fingerprint density at radius 1 is 1.37 bits per heavy atom. The van der Waals surface area contributed by atoms with Gasteiger partial charge in [0, 0.05) is 6.42 Å². The predicted molar refractivity (Wildman–Crippen MR) is 65.6 cm³/mol. The van der Waals surface area contributed by atoms with Crippen LogP contribution < -0.4 is 15.2 Å². The van der Waals surface area contributed by atoms with Gasteiger partial charge in [-0.25, -0.2) is 0 Å². The Labute approximate surface area is 110 Å². The van der Waals surface area contributed by atoms with Gasteiger partial charge in [-0.05, 0) is 31.0 Å². The lowest BCUT2D eigenvalue weighted by Gasteiger charge is -2.09. The lowest BCUT2D eigenvalue weighted by atomic mass is 10.1. The van der Waals surface area contributed by atoms with Gasteiger partial charge < -0.3 is 19.9 Å². The van der Waals surface area contributed by atoms with Gasteiger partial charge in [-0.1, -0.05) is 6.07 Å². The van der Waals surface area contributed by atoms with Gasteiger partial charge in [-0.15, -0.1) is 0 Å². The Kier molecular flexibility index (Phi) is 3.89. The van der Waals surface area contributed by atoms with Crippen LogP contribution in [-0.2, 0) is 20.7 Å². The van der Waals surface area contributed by atoms with Gasteiger partial charge in [0.1, 0.15) is 0 Å². The molecule has 1 aromatic rings. The maximum atomic E-state index is 11.5. The summed E-state index contributed by atoms with van der Waals surface area (Å²) in [5.74, 6) is 0.269. The van der Waals surface area contributed by atoms with Crippen LogP contribution in [0.25, 0.3) is 0 Å². The molecule has 1 aliphatic heterocycles. The molecular weight excluding hydrogens is 250 g/mol. The lowest BCUT2D eigenvalue weighted by molar-refractivity contribution is -0.153. The Balaban J connectivity index is 1.85. The van der Waals surface area contributed by atoms with Crippen molar-refractivity contribution < 1.29 is 23.8 Å². The first kappa shape index (κ1) is 13.2. The van der Waals surface area contributed by atoms with E-state index < -0.39 is 18.0 Å². The van der Waals surface area contributed by atoms with Crippen molar-refractivity contribution in [2.75, 3.05) is 6.79 Å². The molecule has 6 heteroatoms. The number of esters is 1. The number of aryl methyl sites for hydroxylation is 1. The second-order valence-corrected chi connectivity index (χ2v) is 4.22.